The first-order valence-electron chi connectivity index (χ1n) is 4.60. The molecule has 0 aliphatic heterocycles. The summed E-state index contributed by atoms with van der Waals surface area (Å²) in [5.41, 5.74) is 0. The second-order valence-electron chi connectivity index (χ2n) is 3.41. The van der Waals surface area contributed by atoms with Crippen LogP contribution in [0.3, 0.4) is 0 Å². The minimum absolute atomic E-state index is 0.128. The van der Waals surface area contributed by atoms with Crippen LogP contribution in [0.1, 0.15) is 13.8 Å². The smallest absolute Gasteiger partial charge is 0.227 e. The third-order valence-corrected chi connectivity index (χ3v) is 2.19. The summed E-state index contributed by atoms with van der Waals surface area (Å²) in [6.07, 6.45) is -0.836. The van der Waals surface area contributed by atoms with Gasteiger partial charge >= 0.3 is 0 Å². The van der Waals surface area contributed by atoms with Gasteiger partial charge < -0.3 is 20.3 Å². The molecule has 0 aromatic carbocycles. The van der Waals surface area contributed by atoms with Crippen molar-refractivity contribution in [3.05, 3.63) is 0 Å². The number of hydrogen-bond donors (Lipinski definition) is 3. The number of carbonyl (C=O) groups excluding carboxylic acids is 1. The molecule has 3 N–H and O–H groups in total. The lowest BCUT2D eigenvalue weighted by Crippen LogP contribution is -2.40. The van der Waals surface area contributed by atoms with Crippen molar-refractivity contribution in [3.8, 4) is 0 Å². The molecule has 0 rings (SSSR count). The molecule has 0 spiro atoms. The zero-order chi connectivity index (χ0) is 11.1. The Hall–Kier alpha value is -0.650. The van der Waals surface area contributed by atoms with Crippen molar-refractivity contribution in [1.82, 2.24) is 5.32 Å². The second-order valence-corrected chi connectivity index (χ2v) is 3.41. The van der Waals surface area contributed by atoms with Crippen LogP contribution in [0.2, 0.25) is 0 Å². The van der Waals surface area contributed by atoms with Gasteiger partial charge in [0.25, 0.3) is 0 Å². The number of aliphatic hydroxyl groups excluding tert-OH is 2. The molecule has 0 unspecified atom stereocenters. The molecule has 5 nitrogen and oxygen atoms in total. The van der Waals surface area contributed by atoms with Crippen molar-refractivity contribution in [2.75, 3.05) is 20.4 Å². The predicted octanol–water partition coefficient (Wildman–Crippen LogP) is -0.668. The van der Waals surface area contributed by atoms with Gasteiger partial charge in [-0.3, -0.25) is 4.79 Å². The molecule has 0 aliphatic rings. The minimum atomic E-state index is -0.836. The lowest BCUT2D eigenvalue weighted by atomic mass is 9.93. The van der Waals surface area contributed by atoms with E-state index in [9.17, 15) is 9.90 Å². The van der Waals surface area contributed by atoms with Gasteiger partial charge in [-0.15, -0.1) is 0 Å². The molecular formula is C9H19NO4. The van der Waals surface area contributed by atoms with E-state index in [0.717, 1.165) is 0 Å². The van der Waals surface area contributed by atoms with Crippen molar-refractivity contribution in [2.24, 2.45) is 11.8 Å². The van der Waals surface area contributed by atoms with Crippen molar-refractivity contribution in [2.45, 2.75) is 20.0 Å². The standard InChI is InChI=1S/C9H19NO4/c1-6(4-11)8(12)7(2)9(13)10-5-14-3/h6-8,11-12H,4-5H2,1-3H3,(H,10,13)/t6-,7+,8-/m0/s1. The van der Waals surface area contributed by atoms with E-state index >= 15 is 0 Å². The Kier molecular flexibility index (Phi) is 6.44. The highest BCUT2D eigenvalue weighted by atomic mass is 16.5. The van der Waals surface area contributed by atoms with Gasteiger partial charge in [-0.05, 0) is 0 Å². The lowest BCUT2D eigenvalue weighted by Gasteiger charge is -2.22. The number of carbonyl (C=O) groups is 1. The summed E-state index contributed by atoms with van der Waals surface area (Å²) in [5, 5.41) is 20.9. The van der Waals surface area contributed by atoms with Crippen LogP contribution in [0.15, 0.2) is 0 Å². The summed E-state index contributed by atoms with van der Waals surface area (Å²) < 4.78 is 4.67. The molecule has 0 fully saturated rings. The highest BCUT2D eigenvalue weighted by molar-refractivity contribution is 5.78. The third kappa shape index (κ3) is 4.04. The molecule has 0 saturated carbocycles. The number of nitrogens with one attached hydrogen (secondary N) is 1. The number of methoxy groups -OCH3 is 1. The minimum Gasteiger partial charge on any atom is -0.396 e. The Balaban J connectivity index is 4.03. The first kappa shape index (κ1) is 13.4. The van der Waals surface area contributed by atoms with Crippen molar-refractivity contribution in [3.63, 3.8) is 0 Å². The van der Waals surface area contributed by atoms with Gasteiger partial charge in [0.15, 0.2) is 0 Å². The van der Waals surface area contributed by atoms with E-state index in [-0.39, 0.29) is 25.2 Å². The fraction of sp³-hybridized carbons (Fsp3) is 0.889. The molecule has 0 saturated heterocycles. The van der Waals surface area contributed by atoms with Gasteiger partial charge in [-0.1, -0.05) is 13.8 Å². The number of amides is 1. The monoisotopic (exact) mass is 205 g/mol. The number of hydrogen-bond acceptors (Lipinski definition) is 4. The third-order valence-electron chi connectivity index (χ3n) is 2.19. The van der Waals surface area contributed by atoms with Crippen molar-refractivity contribution in [1.29, 1.82) is 0 Å². The van der Waals surface area contributed by atoms with E-state index < -0.39 is 12.0 Å². The van der Waals surface area contributed by atoms with Gasteiger partial charge in [0, 0.05) is 19.6 Å². The summed E-state index contributed by atoms with van der Waals surface area (Å²) in [4.78, 5) is 11.3. The van der Waals surface area contributed by atoms with E-state index in [1.807, 2.05) is 0 Å². The molecule has 3 atom stereocenters. The molecule has 0 aromatic heterocycles. The predicted molar refractivity (Wildman–Crippen MR) is 51.4 cm³/mol. The zero-order valence-electron chi connectivity index (χ0n) is 8.86. The molecule has 84 valence electrons. The zero-order valence-corrected chi connectivity index (χ0v) is 8.86. The normalized spacial score (nSPS) is 17.2. The Morgan fingerprint density at radius 1 is 1.50 bits per heavy atom. The molecule has 0 bridgehead atoms. The van der Waals surface area contributed by atoms with Gasteiger partial charge in [0.2, 0.25) is 5.91 Å². The molecule has 14 heavy (non-hydrogen) atoms. The molecular weight excluding hydrogens is 186 g/mol. The van der Waals surface area contributed by atoms with Crippen LogP contribution in [-0.4, -0.2) is 42.7 Å². The topological polar surface area (TPSA) is 78.8 Å². The van der Waals surface area contributed by atoms with Crippen LogP contribution >= 0.6 is 0 Å². The Bertz CT molecular complexity index is 174. The van der Waals surface area contributed by atoms with Gasteiger partial charge in [-0.25, -0.2) is 0 Å². The quantitative estimate of drug-likeness (QED) is 0.503. The van der Waals surface area contributed by atoms with Crippen LogP contribution in [0.25, 0.3) is 0 Å². The second kappa shape index (κ2) is 6.75. The average Bonchev–Trinajstić information content (AvgIpc) is 2.22. The number of ether oxygens (including phenoxy) is 1. The van der Waals surface area contributed by atoms with Gasteiger partial charge in [0.05, 0.1) is 12.0 Å². The van der Waals surface area contributed by atoms with Gasteiger partial charge in [0.1, 0.15) is 6.73 Å². The van der Waals surface area contributed by atoms with E-state index in [1.165, 1.54) is 7.11 Å². The van der Waals surface area contributed by atoms with Crippen LogP contribution in [0.5, 0.6) is 0 Å². The maximum absolute atomic E-state index is 11.3. The Labute approximate surface area is 84.1 Å². The van der Waals surface area contributed by atoms with Crippen LogP contribution in [0.4, 0.5) is 0 Å². The van der Waals surface area contributed by atoms with E-state index in [2.05, 4.69) is 10.1 Å². The Morgan fingerprint density at radius 3 is 2.50 bits per heavy atom. The fourth-order valence-electron chi connectivity index (χ4n) is 1.06. The SMILES string of the molecule is COCNC(=O)[C@H](C)[C@@H](O)[C@@H](C)CO. The fourth-order valence-corrected chi connectivity index (χ4v) is 1.06. The van der Waals surface area contributed by atoms with Crippen LogP contribution in [0, 0.1) is 11.8 Å². The molecule has 0 radical (unpaired) electrons. The maximum Gasteiger partial charge on any atom is 0.227 e. The van der Waals surface area contributed by atoms with Gasteiger partial charge in [-0.2, -0.15) is 0 Å². The number of rotatable bonds is 6. The molecule has 1 amide bonds. The summed E-state index contributed by atoms with van der Waals surface area (Å²) in [6, 6.07) is 0. The lowest BCUT2D eigenvalue weighted by molar-refractivity contribution is -0.130. The summed E-state index contributed by atoms with van der Waals surface area (Å²) in [7, 11) is 1.47. The number of aliphatic hydroxyl groups is 2. The van der Waals surface area contributed by atoms with Crippen molar-refractivity contribution >= 4 is 5.91 Å². The van der Waals surface area contributed by atoms with E-state index in [1.54, 1.807) is 13.8 Å². The summed E-state index contributed by atoms with van der Waals surface area (Å²) >= 11 is 0. The first-order chi connectivity index (χ1) is 6.54. The molecule has 0 heterocycles. The largest absolute Gasteiger partial charge is 0.396 e. The highest BCUT2D eigenvalue weighted by Crippen LogP contribution is 2.12. The highest BCUT2D eigenvalue weighted by Gasteiger charge is 2.25. The first-order valence-corrected chi connectivity index (χ1v) is 4.60. The summed E-state index contributed by atoms with van der Waals surface area (Å²) in [6.45, 7) is 3.29. The molecule has 5 heteroatoms. The van der Waals surface area contributed by atoms with Crippen molar-refractivity contribution < 1.29 is 19.7 Å². The molecule has 0 aromatic rings. The molecule has 0 aliphatic carbocycles. The summed E-state index contributed by atoms with van der Waals surface area (Å²) in [5.74, 6) is -1.13. The average molecular weight is 205 g/mol. The van der Waals surface area contributed by atoms with Crippen LogP contribution in [-0.2, 0) is 9.53 Å². The van der Waals surface area contributed by atoms with Crippen LogP contribution < -0.4 is 5.32 Å². The van der Waals surface area contributed by atoms with E-state index in [0.29, 0.717) is 0 Å². The van der Waals surface area contributed by atoms with E-state index in [4.69, 9.17) is 5.11 Å². The maximum atomic E-state index is 11.3. The Morgan fingerprint density at radius 2 is 2.07 bits per heavy atom.